The molecule has 1 aliphatic carbocycles. The Labute approximate surface area is 235 Å². The first kappa shape index (κ1) is 28.5. The Morgan fingerprint density at radius 2 is 1.80 bits per heavy atom. The quantitative estimate of drug-likeness (QED) is 0.550. The molecule has 2 aliphatic heterocycles. The Morgan fingerprint density at radius 3 is 2.45 bits per heavy atom. The number of likely N-dealkylation sites (tertiary alicyclic amines) is 1. The van der Waals surface area contributed by atoms with E-state index in [-0.39, 0.29) is 35.0 Å². The van der Waals surface area contributed by atoms with Gasteiger partial charge in [0.25, 0.3) is 11.5 Å². The molecule has 2 amide bonds. The molecule has 8 nitrogen and oxygen atoms in total. The van der Waals surface area contributed by atoms with Gasteiger partial charge in [0.05, 0.1) is 17.7 Å². The third-order valence-electron chi connectivity index (χ3n) is 9.34. The lowest BCUT2D eigenvalue weighted by Gasteiger charge is -2.50. The zero-order valence-electron chi connectivity index (χ0n) is 23.6. The molecule has 0 spiro atoms. The predicted molar refractivity (Wildman–Crippen MR) is 151 cm³/mol. The normalized spacial score (nSPS) is 23.1. The smallest absolute Gasteiger partial charge is 0.256 e. The summed E-state index contributed by atoms with van der Waals surface area (Å²) in [5, 5.41) is 15.1. The van der Waals surface area contributed by atoms with Crippen molar-refractivity contribution in [1.29, 1.82) is 0 Å². The van der Waals surface area contributed by atoms with Crippen molar-refractivity contribution in [2.45, 2.75) is 64.5 Å². The van der Waals surface area contributed by atoms with E-state index in [2.05, 4.69) is 5.32 Å². The van der Waals surface area contributed by atoms with Crippen LogP contribution in [0.2, 0.25) is 0 Å². The molecule has 216 valence electrons. The van der Waals surface area contributed by atoms with E-state index in [1.807, 2.05) is 18.7 Å². The minimum atomic E-state index is -1.28. The molecule has 2 saturated heterocycles. The number of rotatable bonds is 7. The Bertz CT molecular complexity index is 1310. The van der Waals surface area contributed by atoms with Crippen LogP contribution in [0, 0.1) is 17.2 Å². The van der Waals surface area contributed by atoms with Gasteiger partial charge in [0.15, 0.2) is 0 Å². The fraction of sp³-hybridized carbons (Fsp3) is 0.581. The van der Waals surface area contributed by atoms with Crippen LogP contribution in [0.3, 0.4) is 0 Å². The Hall–Kier alpha value is -3.04. The molecular formula is C31H41FN4O4. The van der Waals surface area contributed by atoms with E-state index in [0.29, 0.717) is 58.0 Å². The summed E-state index contributed by atoms with van der Waals surface area (Å²) in [6, 6.07) is 7.43. The number of piperazine rings is 1. The number of aromatic nitrogens is 1. The number of amides is 2. The number of hydrogen-bond acceptors (Lipinski definition) is 5. The highest BCUT2D eigenvalue weighted by atomic mass is 19.1. The fourth-order valence-electron chi connectivity index (χ4n) is 6.22. The maximum absolute atomic E-state index is 14.8. The minimum absolute atomic E-state index is 0.0255. The summed E-state index contributed by atoms with van der Waals surface area (Å²) in [6.07, 6.45) is 6.94. The maximum Gasteiger partial charge on any atom is 0.256 e. The van der Waals surface area contributed by atoms with E-state index < -0.39 is 22.4 Å². The van der Waals surface area contributed by atoms with Crippen molar-refractivity contribution >= 4 is 11.8 Å². The molecule has 2 N–H and O–H groups in total. The van der Waals surface area contributed by atoms with Crippen molar-refractivity contribution in [3.05, 3.63) is 58.3 Å². The molecule has 5 rings (SSSR count). The molecule has 1 aromatic carbocycles. The number of pyridine rings is 1. The van der Waals surface area contributed by atoms with Gasteiger partial charge in [-0.2, -0.15) is 0 Å². The topological polar surface area (TPSA) is 94.9 Å². The molecule has 2 aromatic rings. The Kier molecular flexibility index (Phi) is 8.15. The van der Waals surface area contributed by atoms with Crippen LogP contribution in [0.4, 0.5) is 4.39 Å². The van der Waals surface area contributed by atoms with Gasteiger partial charge >= 0.3 is 0 Å². The number of hydrogen-bond donors (Lipinski definition) is 2. The zero-order chi connectivity index (χ0) is 28.5. The van der Waals surface area contributed by atoms with Crippen LogP contribution in [0.1, 0.15) is 62.7 Å². The standard InChI is InChI=1S/C31H41FN4O4/c1-30(2)20-35(27(37)11-10-22-6-5-7-22)15-12-31(30,40)21-36-19-25(29(39)34-16-13-33-14-17-34)24(18-28(36)38)23-8-3-4-9-26(23)32/h3-4,8-9,18-19,22,33,40H,5-7,10-17,20-21H2,1-2H3/t31-/m1/s1. The van der Waals surface area contributed by atoms with Crippen LogP contribution < -0.4 is 10.9 Å². The third kappa shape index (κ3) is 5.72. The van der Waals surface area contributed by atoms with Crippen molar-refractivity contribution in [2.24, 2.45) is 11.3 Å². The number of carbonyl (C=O) groups excluding carboxylic acids is 2. The van der Waals surface area contributed by atoms with Gasteiger partial charge in [-0.05, 0) is 24.8 Å². The second kappa shape index (κ2) is 11.4. The average molecular weight is 553 g/mol. The summed E-state index contributed by atoms with van der Waals surface area (Å²) in [4.78, 5) is 43.5. The minimum Gasteiger partial charge on any atom is -0.387 e. The second-order valence-corrected chi connectivity index (χ2v) is 12.4. The third-order valence-corrected chi connectivity index (χ3v) is 9.34. The second-order valence-electron chi connectivity index (χ2n) is 12.4. The van der Waals surface area contributed by atoms with Gasteiger partial charge in [0.1, 0.15) is 5.82 Å². The summed E-state index contributed by atoms with van der Waals surface area (Å²) < 4.78 is 16.2. The summed E-state index contributed by atoms with van der Waals surface area (Å²) >= 11 is 0. The molecule has 3 fully saturated rings. The molecule has 40 heavy (non-hydrogen) atoms. The molecule has 0 unspecified atom stereocenters. The van der Waals surface area contributed by atoms with Gasteiger partial charge < -0.3 is 24.8 Å². The predicted octanol–water partition coefficient (Wildman–Crippen LogP) is 3.27. The summed E-state index contributed by atoms with van der Waals surface area (Å²) in [5.74, 6) is 0.00286. The first-order chi connectivity index (χ1) is 19.1. The molecule has 9 heteroatoms. The van der Waals surface area contributed by atoms with Crippen molar-refractivity contribution in [2.75, 3.05) is 39.3 Å². The largest absolute Gasteiger partial charge is 0.387 e. The lowest BCUT2D eigenvalue weighted by Crippen LogP contribution is -2.60. The molecule has 1 aromatic heterocycles. The number of benzene rings is 1. The summed E-state index contributed by atoms with van der Waals surface area (Å²) in [7, 11) is 0. The van der Waals surface area contributed by atoms with Gasteiger partial charge in [-0.15, -0.1) is 0 Å². The van der Waals surface area contributed by atoms with Gasteiger partial charge in [-0.25, -0.2) is 4.39 Å². The van der Waals surface area contributed by atoms with E-state index in [1.165, 1.54) is 42.2 Å². The highest BCUT2D eigenvalue weighted by molar-refractivity contribution is 6.00. The first-order valence-corrected chi connectivity index (χ1v) is 14.6. The lowest BCUT2D eigenvalue weighted by atomic mass is 9.69. The van der Waals surface area contributed by atoms with E-state index >= 15 is 0 Å². The molecule has 0 bridgehead atoms. The summed E-state index contributed by atoms with van der Waals surface area (Å²) in [6.45, 7) is 6.96. The number of piperidine rings is 1. The SMILES string of the molecule is CC1(C)CN(C(=O)CCC2CCC2)CC[C@@]1(O)Cn1cc(C(=O)N2CCNCC2)c(-c2ccccc2F)cc1=O. The molecular weight excluding hydrogens is 511 g/mol. The van der Waals surface area contributed by atoms with Gasteiger partial charge in [-0.3, -0.25) is 14.4 Å². The number of carbonyl (C=O) groups is 2. The van der Waals surface area contributed by atoms with E-state index in [0.717, 1.165) is 6.42 Å². The van der Waals surface area contributed by atoms with Crippen LogP contribution in [0.15, 0.2) is 41.3 Å². The average Bonchev–Trinajstić information content (AvgIpc) is 2.91. The number of nitrogens with one attached hydrogen (secondary N) is 1. The molecule has 1 atom stereocenters. The van der Waals surface area contributed by atoms with Crippen LogP contribution in [0.5, 0.6) is 0 Å². The van der Waals surface area contributed by atoms with Crippen molar-refractivity contribution in [3.8, 4) is 11.1 Å². The molecule has 0 radical (unpaired) electrons. The Morgan fingerprint density at radius 1 is 1.07 bits per heavy atom. The monoisotopic (exact) mass is 552 g/mol. The van der Waals surface area contributed by atoms with Crippen LogP contribution >= 0.6 is 0 Å². The van der Waals surface area contributed by atoms with E-state index in [4.69, 9.17) is 0 Å². The van der Waals surface area contributed by atoms with Gasteiger partial charge in [0.2, 0.25) is 5.91 Å². The van der Waals surface area contributed by atoms with E-state index in [1.54, 1.807) is 23.1 Å². The van der Waals surface area contributed by atoms with Gasteiger partial charge in [-0.1, -0.05) is 51.3 Å². The first-order valence-electron chi connectivity index (χ1n) is 14.6. The number of nitrogens with zero attached hydrogens (tertiary/aromatic N) is 3. The zero-order valence-corrected chi connectivity index (χ0v) is 23.6. The van der Waals surface area contributed by atoms with Crippen LogP contribution in [0.25, 0.3) is 11.1 Å². The lowest BCUT2D eigenvalue weighted by molar-refractivity contribution is -0.154. The highest BCUT2D eigenvalue weighted by Gasteiger charge is 2.49. The van der Waals surface area contributed by atoms with Crippen molar-refractivity contribution < 1.29 is 19.1 Å². The number of aliphatic hydroxyl groups is 1. The van der Waals surface area contributed by atoms with Gasteiger partial charge in [0, 0.05) is 74.5 Å². The van der Waals surface area contributed by atoms with Crippen molar-refractivity contribution in [3.63, 3.8) is 0 Å². The van der Waals surface area contributed by atoms with E-state index in [9.17, 15) is 23.9 Å². The Balaban J connectivity index is 1.41. The number of halogens is 1. The molecule has 3 aliphatic rings. The molecule has 3 heterocycles. The molecule has 1 saturated carbocycles. The van der Waals surface area contributed by atoms with Crippen LogP contribution in [-0.2, 0) is 11.3 Å². The van der Waals surface area contributed by atoms with Crippen LogP contribution in [-0.4, -0.2) is 76.2 Å². The fourth-order valence-corrected chi connectivity index (χ4v) is 6.22. The summed E-state index contributed by atoms with van der Waals surface area (Å²) in [5.41, 5.74) is -1.71. The maximum atomic E-state index is 14.8. The van der Waals surface area contributed by atoms with Crippen molar-refractivity contribution in [1.82, 2.24) is 19.7 Å². The highest BCUT2D eigenvalue weighted by Crippen LogP contribution is 2.40.